The van der Waals surface area contributed by atoms with E-state index in [1.54, 1.807) is 0 Å². The van der Waals surface area contributed by atoms with E-state index in [0.29, 0.717) is 0 Å². The van der Waals surface area contributed by atoms with Gasteiger partial charge in [-0.25, -0.2) is 0 Å². The molecule has 0 aromatic rings. The molecule has 0 aliphatic heterocycles. The summed E-state index contributed by atoms with van der Waals surface area (Å²) in [5.74, 6) is 0. The molecule has 0 aliphatic rings. The molecule has 0 atom stereocenters. The summed E-state index contributed by atoms with van der Waals surface area (Å²) in [6, 6.07) is 0. The van der Waals surface area contributed by atoms with Gasteiger partial charge in [-0.2, -0.15) is 0 Å². The monoisotopic (exact) mass is 384 g/mol. The third-order valence-electron chi connectivity index (χ3n) is 5.25. The minimum Gasteiger partial charge on any atom is -0.487 e. The second kappa shape index (κ2) is 22.9. The highest BCUT2D eigenvalue weighted by atomic mass is 32.1. The highest BCUT2D eigenvalue weighted by Crippen LogP contribution is 2.12. The van der Waals surface area contributed by atoms with Crippen LogP contribution in [0.25, 0.3) is 0 Å². The highest BCUT2D eigenvalue weighted by molar-refractivity contribution is 7.80. The Morgan fingerprint density at radius 1 is 0.500 bits per heavy atom. The summed E-state index contributed by atoms with van der Waals surface area (Å²) < 4.78 is 5.72. The molecule has 0 fully saturated rings. The van der Waals surface area contributed by atoms with Crippen LogP contribution in [0.4, 0.5) is 0 Å². The SMILES string of the molecule is CCCCCCCCCCCCOC(=S)CCCCCCCCCCC. The van der Waals surface area contributed by atoms with Gasteiger partial charge < -0.3 is 4.74 Å². The summed E-state index contributed by atoms with van der Waals surface area (Å²) in [7, 11) is 0. The van der Waals surface area contributed by atoms with Crippen LogP contribution in [0.2, 0.25) is 0 Å². The summed E-state index contributed by atoms with van der Waals surface area (Å²) in [6.07, 6.45) is 27.0. The van der Waals surface area contributed by atoms with Gasteiger partial charge in [-0.1, -0.05) is 123 Å². The van der Waals surface area contributed by atoms with Crippen LogP contribution >= 0.6 is 12.2 Å². The minimum atomic E-state index is 0.840. The molecule has 0 spiro atoms. The Morgan fingerprint density at radius 2 is 0.846 bits per heavy atom. The maximum absolute atomic E-state index is 5.72. The van der Waals surface area contributed by atoms with Gasteiger partial charge in [-0.15, -0.1) is 0 Å². The van der Waals surface area contributed by atoms with Gasteiger partial charge in [-0.05, 0) is 25.1 Å². The lowest BCUT2D eigenvalue weighted by atomic mass is 10.1. The first-order valence-corrected chi connectivity index (χ1v) is 12.4. The van der Waals surface area contributed by atoms with Crippen molar-refractivity contribution < 1.29 is 4.74 Å². The molecule has 0 radical (unpaired) electrons. The van der Waals surface area contributed by atoms with Crippen molar-refractivity contribution in [3.05, 3.63) is 0 Å². The highest BCUT2D eigenvalue weighted by Gasteiger charge is 1.99. The lowest BCUT2D eigenvalue weighted by Crippen LogP contribution is -2.03. The number of rotatable bonds is 21. The number of hydrogen-bond donors (Lipinski definition) is 0. The van der Waals surface area contributed by atoms with Crippen molar-refractivity contribution in [1.82, 2.24) is 0 Å². The predicted molar refractivity (Wildman–Crippen MR) is 122 cm³/mol. The molecule has 0 saturated heterocycles. The fourth-order valence-electron chi connectivity index (χ4n) is 3.43. The van der Waals surface area contributed by atoms with Crippen LogP contribution in [0.3, 0.4) is 0 Å². The van der Waals surface area contributed by atoms with E-state index in [2.05, 4.69) is 13.8 Å². The Bertz CT molecular complexity index is 277. The van der Waals surface area contributed by atoms with E-state index < -0.39 is 0 Å². The van der Waals surface area contributed by atoms with E-state index in [0.717, 1.165) is 18.1 Å². The second-order valence-electron chi connectivity index (χ2n) is 7.98. The van der Waals surface area contributed by atoms with Crippen molar-refractivity contribution in [3.63, 3.8) is 0 Å². The second-order valence-corrected chi connectivity index (χ2v) is 8.44. The molecule has 0 aromatic heterocycles. The van der Waals surface area contributed by atoms with E-state index in [-0.39, 0.29) is 0 Å². The van der Waals surface area contributed by atoms with Crippen LogP contribution in [-0.4, -0.2) is 11.7 Å². The van der Waals surface area contributed by atoms with Crippen LogP contribution < -0.4 is 0 Å². The molecule has 156 valence electrons. The third-order valence-corrected chi connectivity index (χ3v) is 5.57. The largest absolute Gasteiger partial charge is 0.487 e. The molecule has 1 nitrogen and oxygen atoms in total. The summed E-state index contributed by atoms with van der Waals surface area (Å²) in [4.78, 5) is 0. The van der Waals surface area contributed by atoms with Crippen molar-refractivity contribution in [2.75, 3.05) is 6.61 Å². The Hall–Kier alpha value is -0.110. The molecule has 0 aromatic carbocycles. The molecule has 0 amide bonds. The molecule has 26 heavy (non-hydrogen) atoms. The Balaban J connectivity index is 3.13. The molecular formula is C24H48OS. The van der Waals surface area contributed by atoms with Gasteiger partial charge in [0.05, 0.1) is 6.61 Å². The predicted octanol–water partition coefficient (Wildman–Crippen LogP) is 9.17. The van der Waals surface area contributed by atoms with Gasteiger partial charge in [0.1, 0.15) is 0 Å². The van der Waals surface area contributed by atoms with Gasteiger partial charge in [0.25, 0.3) is 0 Å². The summed E-state index contributed by atoms with van der Waals surface area (Å²) in [5.41, 5.74) is 0. The average Bonchev–Trinajstić information content (AvgIpc) is 2.64. The van der Waals surface area contributed by atoms with E-state index in [4.69, 9.17) is 17.0 Å². The standard InChI is InChI=1S/C24H48OS/c1-3-5-7-9-11-13-15-17-19-21-23-25-24(26)22-20-18-16-14-12-10-8-6-4-2/h3-23H2,1-2H3. The minimum absolute atomic E-state index is 0.840. The average molecular weight is 385 g/mol. The molecule has 0 heterocycles. The number of ether oxygens (including phenoxy) is 1. The normalized spacial score (nSPS) is 11.0. The van der Waals surface area contributed by atoms with E-state index in [9.17, 15) is 0 Å². The van der Waals surface area contributed by atoms with Crippen molar-refractivity contribution >= 4 is 17.3 Å². The third kappa shape index (κ3) is 21.9. The number of thiocarbonyl (C=S) groups is 1. The Kier molecular flexibility index (Phi) is 22.8. The van der Waals surface area contributed by atoms with Crippen molar-refractivity contribution in [3.8, 4) is 0 Å². The van der Waals surface area contributed by atoms with Crippen molar-refractivity contribution in [1.29, 1.82) is 0 Å². The maximum Gasteiger partial charge on any atom is 0.159 e. The van der Waals surface area contributed by atoms with Crippen molar-refractivity contribution in [2.24, 2.45) is 0 Å². The van der Waals surface area contributed by atoms with Crippen molar-refractivity contribution in [2.45, 2.75) is 142 Å². The zero-order chi connectivity index (χ0) is 19.1. The molecule has 0 rings (SSSR count). The van der Waals surface area contributed by atoms with Crippen LogP contribution in [0.5, 0.6) is 0 Å². The fourth-order valence-corrected chi connectivity index (χ4v) is 3.66. The van der Waals surface area contributed by atoms with Gasteiger partial charge in [0.15, 0.2) is 5.05 Å². The lowest BCUT2D eigenvalue weighted by molar-refractivity contribution is 0.290. The Morgan fingerprint density at radius 3 is 1.27 bits per heavy atom. The first-order valence-electron chi connectivity index (χ1n) is 12.0. The molecular weight excluding hydrogens is 336 g/mol. The van der Waals surface area contributed by atoms with E-state index in [1.807, 2.05) is 0 Å². The molecule has 2 heteroatoms. The molecule has 0 saturated carbocycles. The number of hydrogen-bond acceptors (Lipinski definition) is 2. The quantitative estimate of drug-likeness (QED) is 0.144. The first-order chi connectivity index (χ1) is 12.8. The van der Waals surface area contributed by atoms with E-state index >= 15 is 0 Å². The van der Waals surface area contributed by atoms with Gasteiger partial charge in [0.2, 0.25) is 0 Å². The van der Waals surface area contributed by atoms with Crippen LogP contribution in [0, 0.1) is 0 Å². The smallest absolute Gasteiger partial charge is 0.159 e. The van der Waals surface area contributed by atoms with Gasteiger partial charge in [0, 0.05) is 6.42 Å². The van der Waals surface area contributed by atoms with E-state index in [1.165, 1.54) is 122 Å². The fraction of sp³-hybridized carbons (Fsp3) is 0.958. The molecule has 0 unspecified atom stereocenters. The Labute approximate surface area is 171 Å². The topological polar surface area (TPSA) is 9.23 Å². The molecule has 0 bridgehead atoms. The summed E-state index contributed by atoms with van der Waals surface area (Å²) in [6.45, 7) is 5.40. The molecule has 0 aliphatic carbocycles. The van der Waals surface area contributed by atoms with Gasteiger partial charge in [-0.3, -0.25) is 0 Å². The summed E-state index contributed by atoms with van der Waals surface area (Å²) >= 11 is 5.35. The van der Waals surface area contributed by atoms with Crippen LogP contribution in [-0.2, 0) is 4.74 Å². The number of unbranched alkanes of at least 4 members (excludes halogenated alkanes) is 17. The maximum atomic E-state index is 5.72. The molecule has 0 N–H and O–H groups in total. The van der Waals surface area contributed by atoms with Gasteiger partial charge >= 0.3 is 0 Å². The van der Waals surface area contributed by atoms with Crippen LogP contribution in [0.1, 0.15) is 142 Å². The summed E-state index contributed by atoms with van der Waals surface area (Å²) in [5, 5.41) is 0.851. The zero-order valence-electron chi connectivity index (χ0n) is 18.2. The lowest BCUT2D eigenvalue weighted by Gasteiger charge is -2.07. The van der Waals surface area contributed by atoms with Crippen LogP contribution in [0.15, 0.2) is 0 Å². The first kappa shape index (κ1) is 25.9. The zero-order valence-corrected chi connectivity index (χ0v) is 19.0.